The van der Waals surface area contributed by atoms with Crippen LogP contribution in [0.3, 0.4) is 0 Å². The van der Waals surface area contributed by atoms with Crippen molar-refractivity contribution in [3.05, 3.63) is 23.4 Å². The summed E-state index contributed by atoms with van der Waals surface area (Å²) >= 11 is 0. The van der Waals surface area contributed by atoms with E-state index in [0.717, 1.165) is 30.7 Å². The van der Waals surface area contributed by atoms with Gasteiger partial charge in [0.15, 0.2) is 0 Å². The number of ether oxygens (including phenoxy) is 1. The van der Waals surface area contributed by atoms with Crippen LogP contribution >= 0.6 is 0 Å². The fraction of sp³-hybridized carbons (Fsp3) is 0.643. The van der Waals surface area contributed by atoms with Crippen molar-refractivity contribution < 1.29 is 4.74 Å². The molecular weight excluding hydrogens is 198 g/mol. The lowest BCUT2D eigenvalue weighted by Gasteiger charge is -2.20. The summed E-state index contributed by atoms with van der Waals surface area (Å²) < 4.78 is 5.71. The molecule has 1 aromatic heterocycles. The fourth-order valence-corrected chi connectivity index (χ4v) is 2.34. The first-order valence-corrected chi connectivity index (χ1v) is 6.43. The normalized spacial score (nSPS) is 23.9. The second-order valence-electron chi connectivity index (χ2n) is 5.36. The lowest BCUT2D eigenvalue weighted by atomic mass is 9.88. The van der Waals surface area contributed by atoms with Gasteiger partial charge in [0.25, 0.3) is 0 Å². The second-order valence-corrected chi connectivity index (χ2v) is 5.36. The third kappa shape index (κ3) is 2.21. The summed E-state index contributed by atoms with van der Waals surface area (Å²) in [4.78, 5) is 4.63. The maximum Gasteiger partial charge on any atom is 0.213 e. The molecule has 2 nitrogen and oxygen atoms in total. The molecule has 2 heteroatoms. The van der Waals surface area contributed by atoms with Crippen molar-refractivity contribution in [2.45, 2.75) is 39.0 Å². The second kappa shape index (κ2) is 4.08. The summed E-state index contributed by atoms with van der Waals surface area (Å²) in [7, 11) is 0. The molecule has 86 valence electrons. The van der Waals surface area contributed by atoms with Crippen molar-refractivity contribution in [1.82, 2.24) is 4.98 Å². The number of hydrogen-bond donors (Lipinski definition) is 0. The van der Waals surface area contributed by atoms with E-state index in [2.05, 4.69) is 18.0 Å². The smallest absolute Gasteiger partial charge is 0.213 e. The van der Waals surface area contributed by atoms with Gasteiger partial charge in [-0.15, -0.1) is 0 Å². The topological polar surface area (TPSA) is 22.1 Å². The number of rotatable bonds is 3. The number of fused-ring (bicyclic) bond motifs is 1. The molecule has 1 fully saturated rings. The number of hydrogen-bond acceptors (Lipinski definition) is 2. The lowest BCUT2D eigenvalue weighted by Crippen LogP contribution is -2.13. The Morgan fingerprint density at radius 3 is 3.00 bits per heavy atom. The van der Waals surface area contributed by atoms with Gasteiger partial charge in [-0.05, 0) is 49.5 Å². The standard InChI is InChI=1S/C14H19NO/c1-10-2-6-13-12(8-10)5-7-14(15-13)16-9-11-3-4-11/h5,7,10-11H,2-4,6,8-9H2,1H3. The maximum absolute atomic E-state index is 5.71. The van der Waals surface area contributed by atoms with E-state index in [9.17, 15) is 0 Å². The molecule has 0 radical (unpaired) electrons. The quantitative estimate of drug-likeness (QED) is 0.776. The highest BCUT2D eigenvalue weighted by molar-refractivity contribution is 5.28. The Hall–Kier alpha value is -1.05. The predicted octanol–water partition coefficient (Wildman–Crippen LogP) is 3.00. The summed E-state index contributed by atoms with van der Waals surface area (Å²) in [5.74, 6) is 2.45. The average Bonchev–Trinajstić information content (AvgIpc) is 3.10. The van der Waals surface area contributed by atoms with E-state index in [1.807, 2.05) is 6.07 Å². The van der Waals surface area contributed by atoms with Gasteiger partial charge in [-0.25, -0.2) is 4.98 Å². The third-order valence-electron chi connectivity index (χ3n) is 3.65. The summed E-state index contributed by atoms with van der Waals surface area (Å²) in [6.07, 6.45) is 6.25. The zero-order valence-corrected chi connectivity index (χ0v) is 9.91. The van der Waals surface area contributed by atoms with Crippen molar-refractivity contribution in [3.63, 3.8) is 0 Å². The molecule has 0 spiro atoms. The number of nitrogens with zero attached hydrogens (tertiary/aromatic N) is 1. The minimum atomic E-state index is 0.804. The van der Waals surface area contributed by atoms with E-state index in [4.69, 9.17) is 4.74 Å². The minimum Gasteiger partial charge on any atom is -0.477 e. The van der Waals surface area contributed by atoms with E-state index >= 15 is 0 Å². The monoisotopic (exact) mass is 217 g/mol. The minimum absolute atomic E-state index is 0.804. The van der Waals surface area contributed by atoms with E-state index < -0.39 is 0 Å². The molecule has 0 saturated heterocycles. The van der Waals surface area contributed by atoms with Crippen LogP contribution in [0.2, 0.25) is 0 Å². The molecule has 0 aliphatic heterocycles. The van der Waals surface area contributed by atoms with Crippen LogP contribution in [0.4, 0.5) is 0 Å². The highest BCUT2D eigenvalue weighted by Gasteiger charge is 2.22. The first-order valence-electron chi connectivity index (χ1n) is 6.43. The van der Waals surface area contributed by atoms with E-state index in [0.29, 0.717) is 0 Å². The first-order chi connectivity index (χ1) is 7.81. The molecule has 0 amide bonds. The van der Waals surface area contributed by atoms with Gasteiger partial charge in [0.05, 0.1) is 6.61 Å². The maximum atomic E-state index is 5.71. The molecule has 0 aromatic carbocycles. The number of aryl methyl sites for hydroxylation is 1. The van der Waals surface area contributed by atoms with Crippen LogP contribution in [-0.2, 0) is 12.8 Å². The molecule has 0 N–H and O–H groups in total. The van der Waals surface area contributed by atoms with Crippen molar-refractivity contribution in [2.75, 3.05) is 6.61 Å². The molecule has 1 aromatic rings. The van der Waals surface area contributed by atoms with Crippen molar-refractivity contribution in [1.29, 1.82) is 0 Å². The van der Waals surface area contributed by atoms with Gasteiger partial charge >= 0.3 is 0 Å². The van der Waals surface area contributed by atoms with Crippen molar-refractivity contribution in [3.8, 4) is 5.88 Å². The molecule has 1 heterocycles. The molecule has 1 atom stereocenters. The molecule has 2 aliphatic carbocycles. The molecule has 16 heavy (non-hydrogen) atoms. The largest absolute Gasteiger partial charge is 0.477 e. The highest BCUT2D eigenvalue weighted by Crippen LogP contribution is 2.30. The molecule has 1 unspecified atom stereocenters. The van der Waals surface area contributed by atoms with Gasteiger partial charge in [0.1, 0.15) is 0 Å². The van der Waals surface area contributed by atoms with E-state index in [-0.39, 0.29) is 0 Å². The number of pyridine rings is 1. The Bertz CT molecular complexity index is 384. The Morgan fingerprint density at radius 2 is 2.19 bits per heavy atom. The van der Waals surface area contributed by atoms with Crippen molar-refractivity contribution >= 4 is 0 Å². The SMILES string of the molecule is CC1CCc2nc(OCC3CC3)ccc2C1. The first kappa shape index (κ1) is 10.1. The van der Waals surface area contributed by atoms with Gasteiger partial charge in [-0.3, -0.25) is 0 Å². The zero-order chi connectivity index (χ0) is 11.0. The van der Waals surface area contributed by atoms with Crippen LogP contribution in [0.15, 0.2) is 12.1 Å². The summed E-state index contributed by atoms with van der Waals surface area (Å²) in [5, 5.41) is 0. The van der Waals surface area contributed by atoms with Gasteiger partial charge in [0.2, 0.25) is 5.88 Å². The van der Waals surface area contributed by atoms with Crippen LogP contribution in [-0.4, -0.2) is 11.6 Å². The Labute approximate surface area is 97.0 Å². The van der Waals surface area contributed by atoms with Crippen LogP contribution in [0, 0.1) is 11.8 Å². The fourth-order valence-electron chi connectivity index (χ4n) is 2.34. The molecule has 3 rings (SSSR count). The average molecular weight is 217 g/mol. The Kier molecular flexibility index (Phi) is 2.58. The molecule has 1 saturated carbocycles. The molecule has 2 aliphatic rings. The van der Waals surface area contributed by atoms with Crippen molar-refractivity contribution in [2.24, 2.45) is 11.8 Å². The lowest BCUT2D eigenvalue weighted by molar-refractivity contribution is 0.286. The van der Waals surface area contributed by atoms with Crippen LogP contribution < -0.4 is 4.74 Å². The van der Waals surface area contributed by atoms with Crippen LogP contribution in [0.5, 0.6) is 5.88 Å². The van der Waals surface area contributed by atoms with Crippen LogP contribution in [0.25, 0.3) is 0 Å². The summed E-state index contributed by atoms with van der Waals surface area (Å²) in [5.41, 5.74) is 2.70. The zero-order valence-electron chi connectivity index (χ0n) is 9.91. The summed E-state index contributed by atoms with van der Waals surface area (Å²) in [6, 6.07) is 4.25. The highest BCUT2D eigenvalue weighted by atomic mass is 16.5. The number of aromatic nitrogens is 1. The van der Waals surface area contributed by atoms with E-state index in [1.54, 1.807) is 0 Å². The predicted molar refractivity (Wildman–Crippen MR) is 63.6 cm³/mol. The molecule has 0 bridgehead atoms. The van der Waals surface area contributed by atoms with Gasteiger partial charge in [0, 0.05) is 11.8 Å². The molecular formula is C14H19NO. The summed E-state index contributed by atoms with van der Waals surface area (Å²) in [6.45, 7) is 3.18. The van der Waals surface area contributed by atoms with Gasteiger partial charge < -0.3 is 4.74 Å². The van der Waals surface area contributed by atoms with Crippen LogP contribution in [0.1, 0.15) is 37.4 Å². The Balaban J connectivity index is 1.71. The third-order valence-corrected chi connectivity index (χ3v) is 3.65. The van der Waals surface area contributed by atoms with Gasteiger partial charge in [-0.2, -0.15) is 0 Å². The van der Waals surface area contributed by atoms with Gasteiger partial charge in [-0.1, -0.05) is 13.0 Å². The van der Waals surface area contributed by atoms with E-state index in [1.165, 1.54) is 36.9 Å². The Morgan fingerprint density at radius 1 is 1.31 bits per heavy atom.